The highest BCUT2D eigenvalue weighted by Gasteiger charge is 2.51. The van der Waals surface area contributed by atoms with E-state index in [4.69, 9.17) is 18.9 Å². The van der Waals surface area contributed by atoms with Crippen LogP contribution in [0.15, 0.2) is 36.5 Å². The molecule has 82 heavy (non-hydrogen) atoms. The van der Waals surface area contributed by atoms with Gasteiger partial charge in [-0.1, -0.05) is 281 Å². The SMILES string of the molecule is CC/C=C\C/C=C\C/C=C\CCCCCCCC(=O)NC(COC1OC(CO)C(OC2OC(CO)C(O)C(O)C2O)C(O)C1O)C(O)CCCCCCCCCCCCCCCCCCCCCCCCCCCCCCCCCCC. The predicted octanol–water partition coefficient (Wildman–Crippen LogP) is 13.3. The molecular formula is C68H127NO13. The van der Waals surface area contributed by atoms with Crippen molar-refractivity contribution in [3.8, 4) is 0 Å². The maximum Gasteiger partial charge on any atom is 0.220 e. The van der Waals surface area contributed by atoms with E-state index in [2.05, 4.69) is 55.6 Å². The van der Waals surface area contributed by atoms with Gasteiger partial charge in [0, 0.05) is 6.42 Å². The van der Waals surface area contributed by atoms with Crippen molar-refractivity contribution >= 4 is 5.91 Å². The van der Waals surface area contributed by atoms with E-state index < -0.39 is 86.8 Å². The van der Waals surface area contributed by atoms with Gasteiger partial charge in [0.25, 0.3) is 0 Å². The molecule has 0 aromatic heterocycles. The minimum absolute atomic E-state index is 0.221. The van der Waals surface area contributed by atoms with Gasteiger partial charge in [-0.3, -0.25) is 4.79 Å². The minimum Gasteiger partial charge on any atom is -0.394 e. The van der Waals surface area contributed by atoms with Crippen LogP contribution in [0.25, 0.3) is 0 Å². The van der Waals surface area contributed by atoms with Crippen LogP contribution in [0.5, 0.6) is 0 Å². The van der Waals surface area contributed by atoms with Crippen LogP contribution in [-0.4, -0.2) is 140 Å². The second kappa shape index (κ2) is 53.4. The number of amides is 1. The molecule has 2 aliphatic heterocycles. The predicted molar refractivity (Wildman–Crippen MR) is 332 cm³/mol. The molecule has 0 aromatic rings. The van der Waals surface area contributed by atoms with Gasteiger partial charge in [-0.25, -0.2) is 0 Å². The first-order valence-corrected chi connectivity index (χ1v) is 34.2. The van der Waals surface area contributed by atoms with E-state index in [1.54, 1.807) is 0 Å². The van der Waals surface area contributed by atoms with E-state index in [1.807, 2.05) is 0 Å². The number of aliphatic hydroxyl groups is 8. The van der Waals surface area contributed by atoms with Gasteiger partial charge in [0.1, 0.15) is 48.8 Å². The third-order valence-electron chi connectivity index (χ3n) is 16.9. The number of rotatable bonds is 56. The molecule has 14 nitrogen and oxygen atoms in total. The fourth-order valence-corrected chi connectivity index (χ4v) is 11.4. The molecular weight excluding hydrogens is 1040 g/mol. The number of ether oxygens (including phenoxy) is 4. The molecule has 0 bridgehead atoms. The Balaban J connectivity index is 1.62. The average molecular weight is 1170 g/mol. The smallest absolute Gasteiger partial charge is 0.220 e. The molecule has 0 spiro atoms. The van der Waals surface area contributed by atoms with Crippen molar-refractivity contribution in [2.24, 2.45) is 0 Å². The Kier molecular flexibility index (Phi) is 49.7. The summed E-state index contributed by atoms with van der Waals surface area (Å²) in [6.07, 6.45) is 50.4. The maximum atomic E-state index is 13.3. The molecule has 0 radical (unpaired) electrons. The van der Waals surface area contributed by atoms with Crippen molar-refractivity contribution in [2.75, 3.05) is 19.8 Å². The number of hydrogen-bond donors (Lipinski definition) is 9. The van der Waals surface area contributed by atoms with E-state index in [0.29, 0.717) is 12.8 Å². The van der Waals surface area contributed by atoms with Crippen molar-refractivity contribution in [3.05, 3.63) is 36.5 Å². The molecule has 2 heterocycles. The van der Waals surface area contributed by atoms with Crippen LogP contribution in [0.3, 0.4) is 0 Å². The zero-order valence-electron chi connectivity index (χ0n) is 52.2. The number of nitrogens with one attached hydrogen (secondary N) is 1. The summed E-state index contributed by atoms with van der Waals surface area (Å²) in [7, 11) is 0. The Morgan fingerprint density at radius 3 is 1.29 bits per heavy atom. The van der Waals surface area contributed by atoms with Crippen LogP contribution < -0.4 is 5.32 Å². The lowest BCUT2D eigenvalue weighted by molar-refractivity contribution is -0.359. The van der Waals surface area contributed by atoms with Gasteiger partial charge in [-0.2, -0.15) is 0 Å². The van der Waals surface area contributed by atoms with Crippen molar-refractivity contribution in [1.29, 1.82) is 0 Å². The summed E-state index contributed by atoms with van der Waals surface area (Å²) in [5.74, 6) is -0.221. The molecule has 2 rings (SSSR count). The van der Waals surface area contributed by atoms with Crippen LogP contribution >= 0.6 is 0 Å². The van der Waals surface area contributed by atoms with E-state index in [-0.39, 0.29) is 18.9 Å². The summed E-state index contributed by atoms with van der Waals surface area (Å²) in [5.41, 5.74) is 0. The summed E-state index contributed by atoms with van der Waals surface area (Å²) >= 11 is 0. The van der Waals surface area contributed by atoms with Crippen LogP contribution in [0, 0.1) is 0 Å². The van der Waals surface area contributed by atoms with Gasteiger partial charge in [-0.05, 0) is 44.9 Å². The normalized spacial score (nSPS) is 24.1. The molecule has 9 N–H and O–H groups in total. The Bertz CT molecular complexity index is 1510. The Hall–Kier alpha value is -1.79. The van der Waals surface area contributed by atoms with Gasteiger partial charge in [0.05, 0.1) is 32.0 Å². The van der Waals surface area contributed by atoms with E-state index >= 15 is 0 Å². The maximum absolute atomic E-state index is 13.3. The fraction of sp³-hybridized carbons (Fsp3) is 0.897. The largest absolute Gasteiger partial charge is 0.394 e. The molecule has 2 fully saturated rings. The highest BCUT2D eigenvalue weighted by Crippen LogP contribution is 2.30. The third-order valence-corrected chi connectivity index (χ3v) is 16.9. The monoisotopic (exact) mass is 1170 g/mol. The Morgan fingerprint density at radius 1 is 0.451 bits per heavy atom. The summed E-state index contributed by atoms with van der Waals surface area (Å²) in [4.78, 5) is 13.3. The lowest BCUT2D eigenvalue weighted by Crippen LogP contribution is -2.65. The Morgan fingerprint density at radius 2 is 0.841 bits per heavy atom. The van der Waals surface area contributed by atoms with Crippen molar-refractivity contribution in [3.63, 3.8) is 0 Å². The lowest BCUT2D eigenvalue weighted by atomic mass is 9.97. The van der Waals surface area contributed by atoms with Gasteiger partial charge in [0.2, 0.25) is 5.91 Å². The molecule has 2 saturated heterocycles. The molecule has 1 amide bonds. The van der Waals surface area contributed by atoms with Gasteiger partial charge < -0.3 is 65.1 Å². The number of aliphatic hydroxyl groups excluding tert-OH is 8. The fourth-order valence-electron chi connectivity index (χ4n) is 11.4. The number of allylic oxidation sites excluding steroid dienone is 6. The molecule has 482 valence electrons. The van der Waals surface area contributed by atoms with Gasteiger partial charge in [0.15, 0.2) is 12.6 Å². The van der Waals surface area contributed by atoms with Crippen LogP contribution in [0.2, 0.25) is 0 Å². The number of hydrogen-bond acceptors (Lipinski definition) is 13. The van der Waals surface area contributed by atoms with Crippen molar-refractivity contribution < 1.29 is 64.6 Å². The van der Waals surface area contributed by atoms with E-state index in [0.717, 1.165) is 77.0 Å². The van der Waals surface area contributed by atoms with Crippen molar-refractivity contribution in [1.82, 2.24) is 5.32 Å². The first-order valence-electron chi connectivity index (χ1n) is 34.2. The van der Waals surface area contributed by atoms with E-state index in [9.17, 15) is 45.6 Å². The second-order valence-corrected chi connectivity index (χ2v) is 24.3. The molecule has 0 aromatic carbocycles. The summed E-state index contributed by atoms with van der Waals surface area (Å²) in [5, 5.41) is 87.4. The molecule has 14 heteroatoms. The quantitative estimate of drug-likeness (QED) is 0.0204. The first kappa shape index (κ1) is 76.3. The van der Waals surface area contributed by atoms with Gasteiger partial charge >= 0.3 is 0 Å². The van der Waals surface area contributed by atoms with Gasteiger partial charge in [-0.15, -0.1) is 0 Å². The standard InChI is InChI=1S/C68H127NO13/c1-3-5-7-9-11-13-15-17-19-20-21-22-23-24-25-26-27-28-29-30-31-32-33-34-35-36-38-39-41-43-45-47-49-51-57(72)56(69-60(73)52-50-48-46-44-42-40-37-18-16-14-12-10-8-6-4-2)55-79-67-65(78)63(76)66(59(54-71)81-67)82-68-64(77)62(75)61(74)58(53-70)80-68/h6,8,12,14,18,37,56-59,61-68,70-72,74-78H,3-5,7,9-11,13,15-17,19-36,38-55H2,1-2H3,(H,69,73)/b8-6-,14-12-,37-18-. The van der Waals surface area contributed by atoms with Crippen LogP contribution in [0.4, 0.5) is 0 Å². The highest BCUT2D eigenvalue weighted by molar-refractivity contribution is 5.76. The number of carbonyl (C=O) groups is 1. The number of carbonyl (C=O) groups excluding carboxylic acids is 1. The van der Waals surface area contributed by atoms with Crippen LogP contribution in [0.1, 0.15) is 296 Å². The summed E-state index contributed by atoms with van der Waals surface area (Å²) < 4.78 is 22.9. The number of unbranched alkanes of at least 4 members (excludes halogenated alkanes) is 37. The molecule has 0 aliphatic carbocycles. The van der Waals surface area contributed by atoms with Crippen molar-refractivity contribution in [2.45, 2.75) is 370 Å². The molecule has 0 saturated carbocycles. The topological polar surface area (TPSA) is 228 Å². The van der Waals surface area contributed by atoms with E-state index in [1.165, 1.54) is 186 Å². The zero-order valence-corrected chi connectivity index (χ0v) is 52.2. The summed E-state index contributed by atoms with van der Waals surface area (Å²) in [6.45, 7) is 2.77. The third kappa shape index (κ3) is 37.7. The molecule has 12 unspecified atom stereocenters. The molecule has 12 atom stereocenters. The zero-order chi connectivity index (χ0) is 59.5. The summed E-state index contributed by atoms with van der Waals surface area (Å²) in [6, 6.07) is -0.839. The first-order chi connectivity index (χ1) is 40.1. The lowest BCUT2D eigenvalue weighted by Gasteiger charge is -2.46. The second-order valence-electron chi connectivity index (χ2n) is 24.3. The minimum atomic E-state index is -1.79. The Labute approximate surface area is 500 Å². The highest BCUT2D eigenvalue weighted by atomic mass is 16.7. The van der Waals surface area contributed by atoms with Crippen LogP contribution in [-0.2, 0) is 23.7 Å². The average Bonchev–Trinajstić information content (AvgIpc) is 3.53. The molecule has 2 aliphatic rings.